The minimum absolute atomic E-state index is 0.257. The molecule has 1 atom stereocenters. The molecule has 1 saturated heterocycles. The molecule has 1 aliphatic rings. The molecular weight excluding hydrogens is 470 g/mol. The molecule has 6 rings (SSSR count). The molecule has 0 aliphatic carbocycles. The molecule has 1 aliphatic heterocycles. The molecule has 178 valence electrons. The monoisotopic (exact) mass is 493 g/mol. The maximum absolute atomic E-state index is 13.5. The molecule has 3 N–H and O–H groups in total. The summed E-state index contributed by atoms with van der Waals surface area (Å²) >= 11 is 1.49. The number of amides is 1. The van der Waals surface area contributed by atoms with Gasteiger partial charge in [-0.15, -0.1) is 0 Å². The summed E-state index contributed by atoms with van der Waals surface area (Å²) in [6.07, 6.45) is 2.75. The Hall–Kier alpha value is -4.21. The molecule has 4 heterocycles. The SMILES string of the molecule is O=C(Nc1ccccc1-c1nc2cccnc2s1)c1cc(NC2CCNC2)nc(-c2ccccc2)n1. The molecule has 0 saturated carbocycles. The van der Waals surface area contributed by atoms with E-state index in [2.05, 4.69) is 25.9 Å². The molecule has 8 nitrogen and oxygen atoms in total. The number of hydrogen-bond donors (Lipinski definition) is 3. The molecule has 2 aromatic carbocycles. The second-order valence-corrected chi connectivity index (χ2v) is 9.49. The Labute approximate surface area is 211 Å². The fourth-order valence-electron chi connectivity index (χ4n) is 4.19. The fourth-order valence-corrected chi connectivity index (χ4v) is 5.14. The third kappa shape index (κ3) is 4.66. The van der Waals surface area contributed by atoms with Gasteiger partial charge in [0.15, 0.2) is 5.82 Å². The van der Waals surface area contributed by atoms with Crippen LogP contribution in [0.3, 0.4) is 0 Å². The average Bonchev–Trinajstić information content (AvgIpc) is 3.59. The van der Waals surface area contributed by atoms with Crippen LogP contribution in [0.1, 0.15) is 16.9 Å². The zero-order chi connectivity index (χ0) is 24.3. The maximum Gasteiger partial charge on any atom is 0.274 e. The molecule has 1 fully saturated rings. The average molecular weight is 494 g/mol. The van der Waals surface area contributed by atoms with Gasteiger partial charge < -0.3 is 16.0 Å². The predicted octanol–water partition coefficient (Wildman–Crippen LogP) is 4.84. The number of para-hydroxylation sites is 1. The van der Waals surface area contributed by atoms with E-state index in [1.807, 2.05) is 66.7 Å². The summed E-state index contributed by atoms with van der Waals surface area (Å²) in [6.45, 7) is 1.82. The van der Waals surface area contributed by atoms with E-state index in [0.29, 0.717) is 17.3 Å². The third-order valence-electron chi connectivity index (χ3n) is 5.98. The number of anilines is 2. The highest BCUT2D eigenvalue weighted by Crippen LogP contribution is 2.34. The number of aromatic nitrogens is 4. The summed E-state index contributed by atoms with van der Waals surface area (Å²) < 4.78 is 0. The highest BCUT2D eigenvalue weighted by molar-refractivity contribution is 7.21. The number of carbonyl (C=O) groups excluding carboxylic acids is 1. The van der Waals surface area contributed by atoms with Crippen LogP contribution in [-0.2, 0) is 0 Å². The first-order chi connectivity index (χ1) is 17.7. The topological polar surface area (TPSA) is 105 Å². The highest BCUT2D eigenvalue weighted by atomic mass is 32.1. The van der Waals surface area contributed by atoms with Crippen molar-refractivity contribution in [2.75, 3.05) is 23.7 Å². The van der Waals surface area contributed by atoms with Crippen LogP contribution in [0.5, 0.6) is 0 Å². The zero-order valence-corrected chi connectivity index (χ0v) is 20.1. The van der Waals surface area contributed by atoms with E-state index >= 15 is 0 Å². The van der Waals surface area contributed by atoms with Gasteiger partial charge in [-0.05, 0) is 37.2 Å². The molecule has 1 unspecified atom stereocenters. The molecular formula is C27H23N7OS. The summed E-state index contributed by atoms with van der Waals surface area (Å²) in [5, 5.41) is 10.6. The number of nitrogens with zero attached hydrogens (tertiary/aromatic N) is 4. The second-order valence-electron chi connectivity index (χ2n) is 8.51. The van der Waals surface area contributed by atoms with Crippen LogP contribution in [0, 0.1) is 0 Å². The highest BCUT2D eigenvalue weighted by Gasteiger charge is 2.19. The number of thiazole rings is 1. The lowest BCUT2D eigenvalue weighted by atomic mass is 10.1. The van der Waals surface area contributed by atoms with E-state index in [1.54, 1.807) is 12.3 Å². The number of carbonyl (C=O) groups is 1. The van der Waals surface area contributed by atoms with Crippen molar-refractivity contribution in [1.29, 1.82) is 0 Å². The number of fused-ring (bicyclic) bond motifs is 1. The van der Waals surface area contributed by atoms with Crippen molar-refractivity contribution in [1.82, 2.24) is 25.3 Å². The third-order valence-corrected chi connectivity index (χ3v) is 6.99. The van der Waals surface area contributed by atoms with E-state index in [1.165, 1.54) is 11.3 Å². The minimum atomic E-state index is -0.311. The van der Waals surface area contributed by atoms with Crippen LogP contribution < -0.4 is 16.0 Å². The van der Waals surface area contributed by atoms with Gasteiger partial charge in [0.2, 0.25) is 0 Å². The lowest BCUT2D eigenvalue weighted by Crippen LogP contribution is -2.23. The van der Waals surface area contributed by atoms with E-state index in [-0.39, 0.29) is 17.6 Å². The van der Waals surface area contributed by atoms with E-state index in [9.17, 15) is 4.79 Å². The molecule has 1 amide bonds. The Bertz CT molecular complexity index is 1500. The predicted molar refractivity (Wildman–Crippen MR) is 143 cm³/mol. The van der Waals surface area contributed by atoms with Gasteiger partial charge in [0.1, 0.15) is 26.9 Å². The van der Waals surface area contributed by atoms with Crippen molar-refractivity contribution >= 4 is 39.1 Å². The smallest absolute Gasteiger partial charge is 0.274 e. The lowest BCUT2D eigenvalue weighted by molar-refractivity contribution is 0.102. The largest absolute Gasteiger partial charge is 0.366 e. The first-order valence-corrected chi connectivity index (χ1v) is 12.6. The number of pyridine rings is 1. The standard InChI is InChI=1S/C27H23N7OS/c35-25(32-20-10-5-4-9-19(20)26-33-21-11-6-13-29-27(21)36-26)22-15-23(30-18-12-14-28-16-18)34-24(31-22)17-7-2-1-3-8-17/h1-11,13,15,18,28H,12,14,16H2,(H,32,35)(H,30,31,34). The summed E-state index contributed by atoms with van der Waals surface area (Å²) in [6, 6.07) is 23.1. The Morgan fingerprint density at radius 3 is 2.67 bits per heavy atom. The van der Waals surface area contributed by atoms with Crippen LogP contribution in [0.2, 0.25) is 0 Å². The van der Waals surface area contributed by atoms with Crippen LogP contribution in [0.15, 0.2) is 79.0 Å². The summed E-state index contributed by atoms with van der Waals surface area (Å²) in [5.74, 6) is 0.823. The molecule has 0 radical (unpaired) electrons. The Kier molecular flexibility index (Phi) is 6.06. The first-order valence-electron chi connectivity index (χ1n) is 11.8. The Morgan fingerprint density at radius 2 is 1.83 bits per heavy atom. The first kappa shape index (κ1) is 22.3. The van der Waals surface area contributed by atoms with Crippen molar-refractivity contribution in [3.8, 4) is 22.0 Å². The van der Waals surface area contributed by atoms with Gasteiger partial charge in [-0.3, -0.25) is 4.79 Å². The van der Waals surface area contributed by atoms with Crippen molar-refractivity contribution in [2.45, 2.75) is 12.5 Å². The molecule has 0 bridgehead atoms. The van der Waals surface area contributed by atoms with Gasteiger partial charge in [-0.25, -0.2) is 19.9 Å². The van der Waals surface area contributed by atoms with Gasteiger partial charge in [0.05, 0.1) is 5.69 Å². The summed E-state index contributed by atoms with van der Waals surface area (Å²) in [7, 11) is 0. The summed E-state index contributed by atoms with van der Waals surface area (Å²) in [4.78, 5) is 32.7. The number of rotatable bonds is 6. The van der Waals surface area contributed by atoms with Crippen LogP contribution >= 0.6 is 11.3 Å². The Morgan fingerprint density at radius 1 is 0.972 bits per heavy atom. The maximum atomic E-state index is 13.5. The lowest BCUT2D eigenvalue weighted by Gasteiger charge is -2.15. The molecule has 36 heavy (non-hydrogen) atoms. The minimum Gasteiger partial charge on any atom is -0.366 e. The van der Waals surface area contributed by atoms with Gasteiger partial charge in [-0.2, -0.15) is 0 Å². The molecule has 9 heteroatoms. The zero-order valence-electron chi connectivity index (χ0n) is 19.3. The van der Waals surface area contributed by atoms with E-state index < -0.39 is 0 Å². The second kappa shape index (κ2) is 9.80. The molecule has 5 aromatic rings. The van der Waals surface area contributed by atoms with Crippen molar-refractivity contribution < 1.29 is 4.79 Å². The fraction of sp³-hybridized carbons (Fsp3) is 0.148. The number of nitrogens with one attached hydrogen (secondary N) is 3. The van der Waals surface area contributed by atoms with Gasteiger partial charge in [0, 0.05) is 36.0 Å². The van der Waals surface area contributed by atoms with Crippen molar-refractivity contribution in [2.24, 2.45) is 0 Å². The molecule has 0 spiro atoms. The van der Waals surface area contributed by atoms with E-state index in [4.69, 9.17) is 9.97 Å². The summed E-state index contributed by atoms with van der Waals surface area (Å²) in [5.41, 5.74) is 3.47. The van der Waals surface area contributed by atoms with Gasteiger partial charge in [-0.1, -0.05) is 53.8 Å². The van der Waals surface area contributed by atoms with Gasteiger partial charge in [0.25, 0.3) is 5.91 Å². The van der Waals surface area contributed by atoms with Gasteiger partial charge >= 0.3 is 0 Å². The Balaban J connectivity index is 1.34. The van der Waals surface area contributed by atoms with Crippen LogP contribution in [0.4, 0.5) is 11.5 Å². The van der Waals surface area contributed by atoms with Crippen LogP contribution in [-0.4, -0.2) is 45.0 Å². The van der Waals surface area contributed by atoms with Crippen molar-refractivity contribution in [3.05, 3.63) is 84.7 Å². The van der Waals surface area contributed by atoms with Crippen molar-refractivity contribution in [3.63, 3.8) is 0 Å². The molecule has 3 aromatic heterocycles. The quantitative estimate of drug-likeness (QED) is 0.311. The number of benzene rings is 2. The normalized spacial score (nSPS) is 15.2. The van der Waals surface area contributed by atoms with Crippen LogP contribution in [0.25, 0.3) is 32.3 Å². The van der Waals surface area contributed by atoms with E-state index in [0.717, 1.165) is 46.0 Å². The number of hydrogen-bond acceptors (Lipinski definition) is 8.